The van der Waals surface area contributed by atoms with Gasteiger partial charge in [0, 0.05) is 26.1 Å². The fourth-order valence-electron chi connectivity index (χ4n) is 2.55. The maximum absolute atomic E-state index is 11.8. The van der Waals surface area contributed by atoms with E-state index in [0.29, 0.717) is 19.5 Å². The monoisotopic (exact) mass is 317 g/mol. The van der Waals surface area contributed by atoms with Gasteiger partial charge in [-0.3, -0.25) is 9.59 Å². The van der Waals surface area contributed by atoms with Crippen LogP contribution in [-0.2, 0) is 9.59 Å². The highest BCUT2D eigenvalue weighted by atomic mass is 35.5. The number of halogens is 1. The Bertz CT molecular complexity index is 335. The van der Waals surface area contributed by atoms with Crippen LogP contribution in [0.5, 0.6) is 0 Å². The van der Waals surface area contributed by atoms with Crippen LogP contribution in [0.25, 0.3) is 0 Å². The van der Waals surface area contributed by atoms with Crippen molar-refractivity contribution in [1.29, 1.82) is 0 Å². The number of carbonyl (C=O) groups is 2. The average Bonchev–Trinajstić information content (AvgIpc) is 3.25. The molecule has 2 aliphatic rings. The van der Waals surface area contributed by atoms with Crippen LogP contribution in [-0.4, -0.2) is 49.4 Å². The Morgan fingerprint density at radius 3 is 2.81 bits per heavy atom. The zero-order chi connectivity index (χ0) is 14.2. The third-order valence-corrected chi connectivity index (χ3v) is 4.01. The molecule has 0 aromatic heterocycles. The molecule has 1 heterocycles. The van der Waals surface area contributed by atoms with Crippen LogP contribution >= 0.6 is 12.4 Å². The molecule has 6 heteroatoms. The van der Waals surface area contributed by atoms with Gasteiger partial charge >= 0.3 is 0 Å². The smallest absolute Gasteiger partial charge is 0.233 e. The normalized spacial score (nSPS) is 18.9. The van der Waals surface area contributed by atoms with E-state index in [1.165, 1.54) is 12.8 Å². The van der Waals surface area contributed by atoms with Crippen molar-refractivity contribution in [2.24, 2.45) is 5.92 Å². The highest BCUT2D eigenvalue weighted by Gasteiger charge is 2.20. The van der Waals surface area contributed by atoms with Gasteiger partial charge in [0.05, 0.1) is 6.54 Å². The van der Waals surface area contributed by atoms with Gasteiger partial charge in [-0.2, -0.15) is 0 Å². The predicted octanol–water partition coefficient (Wildman–Crippen LogP) is 1.32. The molecule has 5 nitrogen and oxygen atoms in total. The molecule has 0 atom stereocenters. The lowest BCUT2D eigenvalue weighted by atomic mass is 10.2. The summed E-state index contributed by atoms with van der Waals surface area (Å²) in [7, 11) is 0. The minimum absolute atomic E-state index is 0. The van der Waals surface area contributed by atoms with Crippen LogP contribution in [0.4, 0.5) is 0 Å². The molecule has 2 amide bonds. The number of carbonyl (C=O) groups excluding carboxylic acids is 2. The lowest BCUT2D eigenvalue weighted by Crippen LogP contribution is -2.37. The Balaban J connectivity index is 0.00000220. The van der Waals surface area contributed by atoms with Crippen molar-refractivity contribution in [2.75, 3.05) is 32.7 Å². The molecule has 2 fully saturated rings. The van der Waals surface area contributed by atoms with Crippen LogP contribution < -0.4 is 10.6 Å². The quantitative estimate of drug-likeness (QED) is 0.664. The first-order valence-corrected chi connectivity index (χ1v) is 8.01. The summed E-state index contributed by atoms with van der Waals surface area (Å²) in [5.74, 6) is 1.14. The van der Waals surface area contributed by atoms with Crippen LogP contribution in [0.15, 0.2) is 0 Å². The summed E-state index contributed by atoms with van der Waals surface area (Å²) in [6.45, 7) is 3.70. The lowest BCUT2D eigenvalue weighted by Gasteiger charge is -2.20. The molecule has 1 aliphatic heterocycles. The fraction of sp³-hybridized carbons (Fsp3) is 0.867. The number of likely N-dealkylation sites (tertiary alicyclic amines) is 1. The highest BCUT2D eigenvalue weighted by molar-refractivity contribution is 5.85. The second-order valence-electron chi connectivity index (χ2n) is 5.97. The Hall–Kier alpha value is -0.810. The van der Waals surface area contributed by atoms with Crippen molar-refractivity contribution < 1.29 is 9.59 Å². The van der Waals surface area contributed by atoms with Gasteiger partial charge in [0.15, 0.2) is 0 Å². The Labute approximate surface area is 133 Å². The molecule has 0 aromatic rings. The van der Waals surface area contributed by atoms with E-state index in [4.69, 9.17) is 0 Å². The Morgan fingerprint density at radius 2 is 2.05 bits per heavy atom. The third kappa shape index (κ3) is 7.67. The van der Waals surface area contributed by atoms with Gasteiger partial charge < -0.3 is 15.5 Å². The largest absolute Gasteiger partial charge is 0.355 e. The number of nitrogens with one attached hydrogen (secondary N) is 2. The van der Waals surface area contributed by atoms with Crippen LogP contribution in [0.1, 0.15) is 44.9 Å². The van der Waals surface area contributed by atoms with Crippen LogP contribution in [0.2, 0.25) is 0 Å². The van der Waals surface area contributed by atoms with Crippen molar-refractivity contribution in [3.8, 4) is 0 Å². The second kappa shape index (κ2) is 10.0. The number of nitrogens with zero attached hydrogens (tertiary/aromatic N) is 1. The molecule has 21 heavy (non-hydrogen) atoms. The first kappa shape index (κ1) is 18.2. The van der Waals surface area contributed by atoms with Gasteiger partial charge in [-0.05, 0) is 44.6 Å². The van der Waals surface area contributed by atoms with E-state index in [1.807, 2.05) is 4.90 Å². The van der Waals surface area contributed by atoms with E-state index < -0.39 is 0 Å². The maximum atomic E-state index is 11.8. The van der Waals surface area contributed by atoms with Gasteiger partial charge in [0.2, 0.25) is 11.8 Å². The third-order valence-electron chi connectivity index (χ3n) is 4.01. The molecular formula is C15H28ClN3O2. The molecule has 0 bridgehead atoms. The lowest BCUT2D eigenvalue weighted by molar-refractivity contribution is -0.130. The molecule has 0 unspecified atom stereocenters. The minimum atomic E-state index is 0. The molecule has 0 radical (unpaired) electrons. The summed E-state index contributed by atoms with van der Waals surface area (Å²) in [5, 5.41) is 6.08. The zero-order valence-electron chi connectivity index (χ0n) is 12.7. The first-order valence-electron chi connectivity index (χ1n) is 8.01. The molecule has 0 aromatic carbocycles. The van der Waals surface area contributed by atoms with E-state index in [9.17, 15) is 9.59 Å². The molecule has 0 spiro atoms. The van der Waals surface area contributed by atoms with Crippen LogP contribution in [0.3, 0.4) is 0 Å². The SMILES string of the molecule is Cl.O=C(CNCC1CC1)NCCCN1CCCCCC1=O. The van der Waals surface area contributed by atoms with E-state index in [1.54, 1.807) is 0 Å². The molecule has 2 N–H and O–H groups in total. The van der Waals surface area contributed by atoms with E-state index >= 15 is 0 Å². The molecule has 122 valence electrons. The first-order chi connectivity index (χ1) is 9.75. The topological polar surface area (TPSA) is 61.4 Å². The minimum Gasteiger partial charge on any atom is -0.355 e. The summed E-state index contributed by atoms with van der Waals surface area (Å²) in [6, 6.07) is 0. The summed E-state index contributed by atoms with van der Waals surface area (Å²) >= 11 is 0. The number of amides is 2. The molecule has 2 rings (SSSR count). The average molecular weight is 318 g/mol. The predicted molar refractivity (Wildman–Crippen MR) is 85.5 cm³/mol. The van der Waals surface area contributed by atoms with Gasteiger partial charge in [0.1, 0.15) is 0 Å². The molecule has 1 aliphatic carbocycles. The van der Waals surface area contributed by atoms with Crippen molar-refractivity contribution in [2.45, 2.75) is 44.9 Å². The summed E-state index contributed by atoms with van der Waals surface area (Å²) < 4.78 is 0. The summed E-state index contributed by atoms with van der Waals surface area (Å²) in [4.78, 5) is 25.3. The van der Waals surface area contributed by atoms with E-state index in [0.717, 1.165) is 51.2 Å². The highest BCUT2D eigenvalue weighted by Crippen LogP contribution is 2.27. The molecule has 1 saturated heterocycles. The molecular weight excluding hydrogens is 290 g/mol. The second-order valence-corrected chi connectivity index (χ2v) is 5.97. The Kier molecular flexibility index (Phi) is 8.69. The maximum Gasteiger partial charge on any atom is 0.233 e. The number of hydrogen-bond acceptors (Lipinski definition) is 3. The summed E-state index contributed by atoms with van der Waals surface area (Å²) in [5.41, 5.74) is 0. The van der Waals surface area contributed by atoms with E-state index in [-0.39, 0.29) is 24.2 Å². The number of rotatable bonds is 8. The summed E-state index contributed by atoms with van der Waals surface area (Å²) in [6.07, 6.45) is 7.45. The van der Waals surface area contributed by atoms with Gasteiger partial charge in [0.25, 0.3) is 0 Å². The van der Waals surface area contributed by atoms with Crippen molar-refractivity contribution in [3.05, 3.63) is 0 Å². The van der Waals surface area contributed by atoms with Gasteiger partial charge in [-0.1, -0.05) is 6.42 Å². The van der Waals surface area contributed by atoms with E-state index in [2.05, 4.69) is 10.6 Å². The standard InChI is InChI=1S/C15H27N3O2.ClH/c19-14(12-16-11-13-6-7-13)17-8-4-10-18-9-3-1-2-5-15(18)20;/h13,16H,1-12H2,(H,17,19);1H. The van der Waals surface area contributed by atoms with Gasteiger partial charge in [-0.15, -0.1) is 12.4 Å². The van der Waals surface area contributed by atoms with Gasteiger partial charge in [-0.25, -0.2) is 0 Å². The van der Waals surface area contributed by atoms with Crippen LogP contribution in [0, 0.1) is 5.92 Å². The Morgan fingerprint density at radius 1 is 1.24 bits per heavy atom. The fourth-order valence-corrected chi connectivity index (χ4v) is 2.55. The molecule has 1 saturated carbocycles. The number of hydrogen-bond donors (Lipinski definition) is 2. The zero-order valence-corrected chi connectivity index (χ0v) is 13.6. The van der Waals surface area contributed by atoms with Crippen molar-refractivity contribution in [3.63, 3.8) is 0 Å². The van der Waals surface area contributed by atoms with Crippen molar-refractivity contribution >= 4 is 24.2 Å². The van der Waals surface area contributed by atoms with Crippen molar-refractivity contribution in [1.82, 2.24) is 15.5 Å².